The van der Waals surface area contributed by atoms with E-state index in [0.717, 1.165) is 30.1 Å². The lowest BCUT2D eigenvalue weighted by molar-refractivity contribution is -0.937. The SMILES string of the molecule is CCc1c(C(=O)OC(C)(C)C)[nH]c(C[NH2+]c2ccc(OC)cc2)c1C(=O)NCC(c1cc[nH+]cc1)[NH+]1CCOCC1.O=C([O-])C(F)(F)F.O=C([O-])C(F)(F)F.O=C([O-])C(F)(F)F. The number of aromatic nitrogens is 2. The Kier molecular flexibility index (Phi) is 20.8. The molecule has 1 unspecified atom stereocenters. The number of halogens is 9. The number of hydrogen-bond acceptors (Lipinski definition) is 11. The molecule has 3 aromatic rings. The van der Waals surface area contributed by atoms with Crippen LogP contribution in [-0.4, -0.2) is 98.9 Å². The van der Waals surface area contributed by atoms with E-state index in [0.29, 0.717) is 55.2 Å². The predicted octanol–water partition coefficient (Wildman–Crippen LogP) is -0.968. The molecular formula is C37H44F9N5O11. The smallest absolute Gasteiger partial charge is 0.430 e. The number of rotatable bonds is 11. The van der Waals surface area contributed by atoms with Gasteiger partial charge in [0, 0.05) is 29.8 Å². The van der Waals surface area contributed by atoms with E-state index in [4.69, 9.17) is 43.9 Å². The number of ether oxygens (including phenoxy) is 3. The number of quaternary nitrogens is 2. The third-order valence-electron chi connectivity index (χ3n) is 7.96. The van der Waals surface area contributed by atoms with Gasteiger partial charge in [-0.2, -0.15) is 39.5 Å². The van der Waals surface area contributed by atoms with Crippen molar-refractivity contribution in [1.29, 1.82) is 0 Å². The quantitative estimate of drug-likeness (QED) is 0.104. The lowest BCUT2D eigenvalue weighted by atomic mass is 10.0. The summed E-state index contributed by atoms with van der Waals surface area (Å²) in [5, 5.41) is 31.6. The predicted molar refractivity (Wildman–Crippen MR) is 186 cm³/mol. The zero-order chi connectivity index (χ0) is 47.6. The van der Waals surface area contributed by atoms with Crippen LogP contribution in [0.5, 0.6) is 5.75 Å². The summed E-state index contributed by atoms with van der Waals surface area (Å²) in [4.78, 5) is 61.2. The first-order valence-electron chi connectivity index (χ1n) is 18.0. The van der Waals surface area contributed by atoms with Gasteiger partial charge in [-0.25, -0.2) is 9.78 Å². The van der Waals surface area contributed by atoms with Crippen molar-refractivity contribution in [3.63, 3.8) is 0 Å². The first-order valence-corrected chi connectivity index (χ1v) is 18.0. The zero-order valence-electron chi connectivity index (χ0n) is 33.6. The highest BCUT2D eigenvalue weighted by Crippen LogP contribution is 2.24. The monoisotopic (exact) mass is 905 g/mol. The van der Waals surface area contributed by atoms with E-state index >= 15 is 0 Å². The molecule has 25 heteroatoms. The minimum Gasteiger partial charge on any atom is -0.542 e. The molecule has 62 heavy (non-hydrogen) atoms. The molecule has 1 aromatic carbocycles. The number of carbonyl (C=O) groups is 5. The zero-order valence-corrected chi connectivity index (χ0v) is 33.6. The maximum Gasteiger partial charge on any atom is 0.430 e. The van der Waals surface area contributed by atoms with Gasteiger partial charge in [0.05, 0.1) is 38.1 Å². The molecule has 0 spiro atoms. The lowest BCUT2D eigenvalue weighted by Gasteiger charge is -2.31. The van der Waals surface area contributed by atoms with E-state index in [9.17, 15) is 49.1 Å². The van der Waals surface area contributed by atoms with E-state index in [1.165, 1.54) is 4.90 Å². The Labute approximate surface area is 347 Å². The van der Waals surface area contributed by atoms with Crippen LogP contribution < -0.4 is 40.6 Å². The first kappa shape index (κ1) is 54.1. The molecule has 16 nitrogen and oxygen atoms in total. The Morgan fingerprint density at radius 3 is 1.71 bits per heavy atom. The molecule has 0 aliphatic carbocycles. The van der Waals surface area contributed by atoms with Crippen molar-refractivity contribution in [3.8, 4) is 5.75 Å². The summed E-state index contributed by atoms with van der Waals surface area (Å²) < 4.78 is 111. The van der Waals surface area contributed by atoms with Crippen molar-refractivity contribution >= 4 is 35.5 Å². The Morgan fingerprint density at radius 2 is 1.31 bits per heavy atom. The van der Waals surface area contributed by atoms with Gasteiger partial charge in [-0.15, -0.1) is 0 Å². The van der Waals surface area contributed by atoms with Gasteiger partial charge in [0.1, 0.15) is 66.3 Å². The van der Waals surface area contributed by atoms with Gasteiger partial charge in [0.15, 0.2) is 12.4 Å². The van der Waals surface area contributed by atoms with Gasteiger partial charge in [0.2, 0.25) is 0 Å². The molecule has 1 fully saturated rings. The van der Waals surface area contributed by atoms with Crippen LogP contribution in [0.25, 0.3) is 0 Å². The van der Waals surface area contributed by atoms with Gasteiger partial charge in [-0.05, 0) is 44.9 Å². The topological polar surface area (TPSA) is 245 Å². The number of pyridine rings is 1. The second-order valence-electron chi connectivity index (χ2n) is 13.6. The van der Waals surface area contributed by atoms with E-state index in [-0.39, 0.29) is 11.9 Å². The average molecular weight is 906 g/mol. The highest BCUT2D eigenvalue weighted by Gasteiger charge is 2.33. The summed E-state index contributed by atoms with van der Waals surface area (Å²) in [6, 6.07) is 11.9. The molecule has 0 saturated carbocycles. The van der Waals surface area contributed by atoms with E-state index < -0.39 is 48.0 Å². The molecule has 0 bridgehead atoms. The maximum atomic E-state index is 13.9. The third kappa shape index (κ3) is 19.2. The van der Waals surface area contributed by atoms with Crippen molar-refractivity contribution < 1.29 is 108 Å². The number of alkyl halides is 9. The molecule has 1 amide bonds. The van der Waals surface area contributed by atoms with Crippen LogP contribution in [0.3, 0.4) is 0 Å². The molecule has 4 rings (SSSR count). The lowest BCUT2D eigenvalue weighted by Crippen LogP contribution is -3.15. The molecule has 2 aromatic heterocycles. The summed E-state index contributed by atoms with van der Waals surface area (Å²) in [7, 11) is 1.63. The molecule has 3 heterocycles. The van der Waals surface area contributed by atoms with Crippen LogP contribution in [0, 0.1) is 0 Å². The molecule has 1 saturated heterocycles. The van der Waals surface area contributed by atoms with Gasteiger partial charge in [-0.1, -0.05) is 6.92 Å². The summed E-state index contributed by atoms with van der Waals surface area (Å²) >= 11 is 0. The number of nitrogens with one attached hydrogen (secondary N) is 4. The normalized spacial score (nSPS) is 13.6. The first-order chi connectivity index (χ1) is 28.5. The van der Waals surface area contributed by atoms with E-state index in [1.807, 2.05) is 69.7 Å². The highest BCUT2D eigenvalue weighted by atomic mass is 19.4. The molecular weight excluding hydrogens is 861 g/mol. The number of benzene rings is 1. The van der Waals surface area contributed by atoms with Crippen LogP contribution in [0.2, 0.25) is 0 Å². The Morgan fingerprint density at radius 1 is 0.839 bits per heavy atom. The number of carboxylic acids is 3. The van der Waals surface area contributed by atoms with Gasteiger partial charge >= 0.3 is 24.5 Å². The van der Waals surface area contributed by atoms with Gasteiger partial charge in [-0.3, -0.25) is 4.79 Å². The number of carboxylic acid groups (broad SMARTS) is 3. The van der Waals surface area contributed by atoms with Crippen molar-refractivity contribution in [2.45, 2.75) is 70.8 Å². The summed E-state index contributed by atoms with van der Waals surface area (Å²) in [5.41, 5.74) is 3.66. The molecule has 1 aliphatic heterocycles. The van der Waals surface area contributed by atoms with Crippen LogP contribution in [0.15, 0.2) is 48.8 Å². The van der Waals surface area contributed by atoms with Crippen LogP contribution in [0.4, 0.5) is 45.2 Å². The van der Waals surface area contributed by atoms with E-state index in [2.05, 4.69) is 27.4 Å². The number of aromatic amines is 2. The number of aliphatic carboxylic acids is 3. The number of H-pyrrole nitrogens is 2. The number of nitrogens with two attached hydrogens (primary N) is 1. The van der Waals surface area contributed by atoms with E-state index in [1.54, 1.807) is 7.11 Å². The van der Waals surface area contributed by atoms with Crippen molar-refractivity contribution in [3.05, 3.63) is 76.9 Å². The van der Waals surface area contributed by atoms with Crippen molar-refractivity contribution in [2.75, 3.05) is 40.0 Å². The summed E-state index contributed by atoms with van der Waals surface area (Å²) in [5.74, 6) is -8.91. The fraction of sp³-hybridized carbons (Fsp3) is 0.459. The summed E-state index contributed by atoms with van der Waals surface area (Å²) in [6.07, 6.45) is -11.3. The largest absolute Gasteiger partial charge is 0.542 e. The van der Waals surface area contributed by atoms with Gasteiger partial charge in [0.25, 0.3) is 5.91 Å². The summed E-state index contributed by atoms with van der Waals surface area (Å²) in [6.45, 7) is 11.5. The average Bonchev–Trinajstić information content (AvgIpc) is 3.56. The number of amides is 1. The second kappa shape index (κ2) is 23.9. The van der Waals surface area contributed by atoms with Crippen LogP contribution >= 0.6 is 0 Å². The van der Waals surface area contributed by atoms with Crippen molar-refractivity contribution in [1.82, 2.24) is 10.3 Å². The number of methoxy groups -OCH3 is 1. The molecule has 6 N–H and O–H groups in total. The Hall–Kier alpha value is -5.95. The number of carbonyl (C=O) groups excluding carboxylic acids is 5. The molecule has 1 atom stereocenters. The van der Waals surface area contributed by atoms with Crippen molar-refractivity contribution in [2.24, 2.45) is 0 Å². The Balaban J connectivity index is 0.000000751. The van der Waals surface area contributed by atoms with Gasteiger partial charge < -0.3 is 64.4 Å². The molecule has 346 valence electrons. The second-order valence-corrected chi connectivity index (χ2v) is 13.6. The molecule has 1 aliphatic rings. The number of esters is 1. The number of hydrogen-bond donors (Lipinski definition) is 4. The fourth-order valence-corrected chi connectivity index (χ4v) is 5.24. The minimum absolute atomic E-state index is 0.0705. The standard InChI is InChI=1S/C31H41N5O5.3C2HF3O2/c1-6-24-27(29(37)34-20-26(21-11-13-32-14-12-21)36-15-17-40-18-16-36)25(35-28(24)30(38)41-31(2,3)4)19-33-22-7-9-23(39-5)10-8-22;3*3-2(4,5)1(6)7/h7-14,26,33,35H,6,15-20H2,1-5H3,(H,34,37);3*(H,6,7). The van der Waals surface area contributed by atoms with Crippen LogP contribution in [0.1, 0.15) is 71.4 Å². The fourth-order valence-electron chi connectivity index (χ4n) is 5.24. The molecule has 0 radical (unpaired) electrons. The third-order valence-corrected chi connectivity index (χ3v) is 7.96. The highest BCUT2D eigenvalue weighted by molar-refractivity contribution is 6.01. The maximum absolute atomic E-state index is 13.9. The van der Waals surface area contributed by atoms with Crippen LogP contribution in [-0.2, 0) is 36.8 Å². The number of morpholine rings is 1. The Bertz CT molecular complexity index is 1850. The minimum atomic E-state index is -5.19.